The third-order valence-electron chi connectivity index (χ3n) is 5.52. The maximum Gasteiger partial charge on any atom is 0.308 e. The molecule has 2 N–H and O–H groups in total. The van der Waals surface area contributed by atoms with Crippen LogP contribution in [0.4, 0.5) is 0 Å². The number of carbonyl (C=O) groups is 2. The van der Waals surface area contributed by atoms with Gasteiger partial charge in [0.25, 0.3) is 5.97 Å². The number of esters is 1. The molecule has 31 heavy (non-hydrogen) atoms. The average molecular weight is 428 g/mol. The van der Waals surface area contributed by atoms with Crippen LogP contribution in [0.15, 0.2) is 48.5 Å². The average Bonchev–Trinajstić information content (AvgIpc) is 3.11. The number of ether oxygens (including phenoxy) is 1. The molecule has 6 nitrogen and oxygen atoms in total. The molecule has 1 fully saturated rings. The van der Waals surface area contributed by atoms with E-state index >= 15 is 0 Å². The Morgan fingerprint density at radius 3 is 2.39 bits per heavy atom. The highest BCUT2D eigenvalue weighted by Gasteiger charge is 2.38. The second-order valence-electron chi connectivity index (χ2n) is 8.11. The Hall–Kier alpha value is -2.86. The highest BCUT2D eigenvalue weighted by atomic mass is 16.5. The molecular formula is C25H33NO5. The molecule has 0 amide bonds. The third kappa shape index (κ3) is 7.72. The van der Waals surface area contributed by atoms with Crippen LogP contribution in [-0.4, -0.2) is 46.7 Å². The SMILES string of the molecule is CC(=O)O.CCCC1(c2cccc(O)c2)CCN(CCc2ccc(OC(C)=O)cc2)C1. The summed E-state index contributed by atoms with van der Waals surface area (Å²) < 4.78 is 5.09. The molecule has 0 saturated carbocycles. The van der Waals surface area contributed by atoms with Gasteiger partial charge in [-0.25, -0.2) is 0 Å². The minimum Gasteiger partial charge on any atom is -0.508 e. The number of phenols is 1. The van der Waals surface area contributed by atoms with Crippen molar-refractivity contribution in [1.82, 2.24) is 4.90 Å². The molecule has 0 aromatic heterocycles. The van der Waals surface area contributed by atoms with Crippen LogP contribution in [0.2, 0.25) is 0 Å². The molecular weight excluding hydrogens is 394 g/mol. The van der Waals surface area contributed by atoms with Crippen molar-refractivity contribution in [1.29, 1.82) is 0 Å². The van der Waals surface area contributed by atoms with Gasteiger partial charge in [-0.1, -0.05) is 37.6 Å². The number of aliphatic carboxylic acids is 1. The van der Waals surface area contributed by atoms with Crippen LogP contribution in [0.1, 0.15) is 51.2 Å². The van der Waals surface area contributed by atoms with E-state index in [1.165, 1.54) is 18.1 Å². The lowest BCUT2D eigenvalue weighted by Gasteiger charge is -2.30. The van der Waals surface area contributed by atoms with E-state index < -0.39 is 5.97 Å². The monoisotopic (exact) mass is 427 g/mol. The summed E-state index contributed by atoms with van der Waals surface area (Å²) in [5.74, 6) is -0.174. The summed E-state index contributed by atoms with van der Waals surface area (Å²) in [7, 11) is 0. The number of benzene rings is 2. The van der Waals surface area contributed by atoms with E-state index in [9.17, 15) is 9.90 Å². The summed E-state index contributed by atoms with van der Waals surface area (Å²) in [4.78, 5) is 22.5. The van der Waals surface area contributed by atoms with Gasteiger partial charge in [-0.15, -0.1) is 0 Å². The summed E-state index contributed by atoms with van der Waals surface area (Å²) in [5, 5.41) is 17.3. The number of likely N-dealkylation sites (tertiary alicyclic amines) is 1. The molecule has 0 spiro atoms. The number of rotatable bonds is 7. The van der Waals surface area contributed by atoms with E-state index in [0.29, 0.717) is 11.5 Å². The molecule has 2 aromatic carbocycles. The van der Waals surface area contributed by atoms with E-state index in [1.807, 2.05) is 36.4 Å². The minimum absolute atomic E-state index is 0.146. The fourth-order valence-corrected chi connectivity index (χ4v) is 4.22. The first-order chi connectivity index (χ1) is 14.7. The van der Waals surface area contributed by atoms with Crippen LogP contribution in [0.25, 0.3) is 0 Å². The molecule has 1 unspecified atom stereocenters. The zero-order valence-corrected chi connectivity index (χ0v) is 18.6. The Kier molecular flexibility index (Phi) is 9.06. The Bertz CT molecular complexity index is 860. The van der Waals surface area contributed by atoms with Crippen LogP contribution >= 0.6 is 0 Å². The van der Waals surface area contributed by atoms with Gasteiger partial charge in [-0.2, -0.15) is 0 Å². The summed E-state index contributed by atoms with van der Waals surface area (Å²) in [6.45, 7) is 7.86. The van der Waals surface area contributed by atoms with E-state index in [2.05, 4.69) is 17.9 Å². The molecule has 6 heteroatoms. The van der Waals surface area contributed by atoms with Crippen molar-refractivity contribution in [3.05, 3.63) is 59.7 Å². The highest BCUT2D eigenvalue weighted by molar-refractivity contribution is 5.69. The number of carbonyl (C=O) groups excluding carboxylic acids is 1. The maximum absolute atomic E-state index is 11.0. The summed E-state index contributed by atoms with van der Waals surface area (Å²) in [6, 6.07) is 15.6. The molecule has 3 rings (SSSR count). The van der Waals surface area contributed by atoms with E-state index in [0.717, 1.165) is 52.2 Å². The van der Waals surface area contributed by atoms with Crippen molar-refractivity contribution in [3.63, 3.8) is 0 Å². The highest BCUT2D eigenvalue weighted by Crippen LogP contribution is 2.39. The van der Waals surface area contributed by atoms with Crippen LogP contribution in [0.3, 0.4) is 0 Å². The topological polar surface area (TPSA) is 87.1 Å². The van der Waals surface area contributed by atoms with Crippen molar-refractivity contribution in [2.24, 2.45) is 0 Å². The standard InChI is InChI=1S/C23H29NO3.C2H4O2/c1-3-12-23(20-5-4-6-21(26)16-20)13-15-24(17-23)14-11-19-7-9-22(10-8-19)27-18(2)25;1-2(3)4/h4-10,16,26H,3,11-15,17H2,1-2H3;1H3,(H,3,4). The van der Waals surface area contributed by atoms with Crippen molar-refractivity contribution >= 4 is 11.9 Å². The molecule has 0 aliphatic carbocycles. The summed E-state index contributed by atoms with van der Waals surface area (Å²) in [5.41, 5.74) is 2.65. The lowest BCUT2D eigenvalue weighted by atomic mass is 9.76. The first-order valence-electron chi connectivity index (χ1n) is 10.7. The smallest absolute Gasteiger partial charge is 0.308 e. The Morgan fingerprint density at radius 2 is 1.81 bits per heavy atom. The number of carboxylic acids is 1. The zero-order valence-electron chi connectivity index (χ0n) is 18.6. The first-order valence-corrected chi connectivity index (χ1v) is 10.7. The first kappa shape index (κ1) is 24.4. The summed E-state index contributed by atoms with van der Waals surface area (Å²) in [6.07, 6.45) is 4.39. The van der Waals surface area contributed by atoms with Crippen LogP contribution < -0.4 is 4.74 Å². The van der Waals surface area contributed by atoms with Gasteiger partial charge in [0.1, 0.15) is 11.5 Å². The Labute approximate surface area is 184 Å². The molecule has 1 saturated heterocycles. The van der Waals surface area contributed by atoms with Gasteiger partial charge < -0.3 is 19.8 Å². The van der Waals surface area contributed by atoms with Crippen LogP contribution in [0.5, 0.6) is 11.5 Å². The van der Waals surface area contributed by atoms with Crippen molar-refractivity contribution < 1.29 is 24.5 Å². The van der Waals surface area contributed by atoms with Gasteiger partial charge in [0, 0.05) is 32.4 Å². The van der Waals surface area contributed by atoms with Gasteiger partial charge in [-0.05, 0) is 61.2 Å². The van der Waals surface area contributed by atoms with Gasteiger partial charge in [0.15, 0.2) is 0 Å². The molecule has 0 bridgehead atoms. The predicted octanol–water partition coefficient (Wildman–Crippen LogP) is 4.39. The number of carboxylic acid groups (broad SMARTS) is 1. The lowest BCUT2D eigenvalue weighted by molar-refractivity contribution is -0.134. The Balaban J connectivity index is 0.000000785. The Morgan fingerprint density at radius 1 is 1.13 bits per heavy atom. The molecule has 1 aliphatic heterocycles. The normalized spacial score (nSPS) is 18.2. The van der Waals surface area contributed by atoms with Crippen molar-refractivity contribution in [2.75, 3.05) is 19.6 Å². The molecule has 2 aromatic rings. The van der Waals surface area contributed by atoms with E-state index in [4.69, 9.17) is 14.6 Å². The van der Waals surface area contributed by atoms with Crippen molar-refractivity contribution in [2.45, 2.75) is 51.9 Å². The molecule has 168 valence electrons. The molecule has 0 radical (unpaired) electrons. The number of aromatic hydroxyl groups is 1. The van der Waals surface area contributed by atoms with Gasteiger partial charge in [0.05, 0.1) is 0 Å². The fourth-order valence-electron chi connectivity index (χ4n) is 4.22. The van der Waals surface area contributed by atoms with Gasteiger partial charge in [-0.3, -0.25) is 9.59 Å². The summed E-state index contributed by atoms with van der Waals surface area (Å²) >= 11 is 0. The van der Waals surface area contributed by atoms with Crippen molar-refractivity contribution in [3.8, 4) is 11.5 Å². The zero-order chi connectivity index (χ0) is 22.9. The van der Waals surface area contributed by atoms with E-state index in [1.54, 1.807) is 6.07 Å². The van der Waals surface area contributed by atoms with Crippen LogP contribution in [0, 0.1) is 0 Å². The predicted molar refractivity (Wildman–Crippen MR) is 121 cm³/mol. The second-order valence-corrected chi connectivity index (χ2v) is 8.11. The molecule has 1 atom stereocenters. The van der Waals surface area contributed by atoms with Gasteiger partial charge in [0.2, 0.25) is 0 Å². The van der Waals surface area contributed by atoms with Crippen LogP contribution in [-0.2, 0) is 21.4 Å². The number of nitrogens with zero attached hydrogens (tertiary/aromatic N) is 1. The third-order valence-corrected chi connectivity index (χ3v) is 5.52. The minimum atomic E-state index is -0.833. The number of hydrogen-bond donors (Lipinski definition) is 2. The molecule has 1 aliphatic rings. The maximum atomic E-state index is 11.0. The second kappa shape index (κ2) is 11.5. The quantitative estimate of drug-likeness (QED) is 0.503. The lowest BCUT2D eigenvalue weighted by Crippen LogP contribution is -2.32. The molecule has 1 heterocycles. The number of phenolic OH excluding ortho intramolecular Hbond substituents is 1. The number of hydrogen-bond acceptors (Lipinski definition) is 5. The fraction of sp³-hybridized carbons (Fsp3) is 0.440. The van der Waals surface area contributed by atoms with Gasteiger partial charge >= 0.3 is 5.97 Å². The van der Waals surface area contributed by atoms with E-state index in [-0.39, 0.29) is 11.4 Å². The largest absolute Gasteiger partial charge is 0.508 e.